The number of para-hydroxylation sites is 1. The van der Waals surface area contributed by atoms with Gasteiger partial charge in [-0.1, -0.05) is 51.3 Å². The summed E-state index contributed by atoms with van der Waals surface area (Å²) in [5.41, 5.74) is 2.99. The first-order valence-electron chi connectivity index (χ1n) is 9.50. The molecule has 0 unspecified atom stereocenters. The van der Waals surface area contributed by atoms with Crippen molar-refractivity contribution in [3.8, 4) is 21.9 Å². The van der Waals surface area contributed by atoms with E-state index in [9.17, 15) is 4.79 Å². The van der Waals surface area contributed by atoms with E-state index in [0.29, 0.717) is 27.1 Å². The van der Waals surface area contributed by atoms with Crippen molar-refractivity contribution in [2.24, 2.45) is 0 Å². The highest BCUT2D eigenvalue weighted by atomic mass is 79.9. The fourth-order valence-electron chi connectivity index (χ4n) is 3.26. The Labute approximate surface area is 205 Å². The summed E-state index contributed by atoms with van der Waals surface area (Å²) >= 11 is 17.4. The maximum absolute atomic E-state index is 13.0. The Morgan fingerprint density at radius 2 is 1.81 bits per heavy atom. The zero-order chi connectivity index (χ0) is 22.2. The van der Waals surface area contributed by atoms with Crippen molar-refractivity contribution in [2.45, 2.75) is 0 Å². The number of carbonyl (C=O) groups excluding carboxylic acids is 1. The van der Waals surface area contributed by atoms with Crippen LogP contribution in [0.5, 0.6) is 0 Å². The topological polar surface area (TPSA) is 55.1 Å². The first-order chi connectivity index (χ1) is 15.5. The average Bonchev–Trinajstić information content (AvgIpc) is 3.44. The lowest BCUT2D eigenvalue weighted by molar-refractivity contribution is 0.0997. The number of benzene rings is 3. The van der Waals surface area contributed by atoms with Gasteiger partial charge in [-0.2, -0.15) is 0 Å². The number of fused-ring (bicyclic) bond motifs is 1. The summed E-state index contributed by atoms with van der Waals surface area (Å²) in [6, 6.07) is 22.0. The second-order valence-electron chi connectivity index (χ2n) is 6.92. The predicted molar refractivity (Wildman–Crippen MR) is 135 cm³/mol. The molecular formula is C24H13BrCl2N2O2S. The van der Waals surface area contributed by atoms with E-state index in [1.807, 2.05) is 42.5 Å². The molecule has 0 saturated carbocycles. The van der Waals surface area contributed by atoms with Crippen molar-refractivity contribution in [3.63, 3.8) is 0 Å². The first kappa shape index (κ1) is 21.2. The second kappa shape index (κ2) is 8.71. The second-order valence-corrected chi connectivity index (χ2v) is 9.71. The molecule has 0 saturated heterocycles. The van der Waals surface area contributed by atoms with E-state index in [4.69, 9.17) is 32.6 Å². The number of nitrogens with one attached hydrogen (secondary N) is 1. The van der Waals surface area contributed by atoms with E-state index in [2.05, 4.69) is 21.2 Å². The summed E-state index contributed by atoms with van der Waals surface area (Å²) < 4.78 is 7.75. The monoisotopic (exact) mass is 542 g/mol. The fraction of sp³-hybridized carbons (Fsp3) is 0. The molecule has 1 amide bonds. The van der Waals surface area contributed by atoms with Crippen molar-refractivity contribution < 1.29 is 9.21 Å². The van der Waals surface area contributed by atoms with Crippen LogP contribution in [-0.4, -0.2) is 10.9 Å². The molecule has 5 aromatic rings. The van der Waals surface area contributed by atoms with Gasteiger partial charge in [0.1, 0.15) is 10.8 Å². The quantitative estimate of drug-likeness (QED) is 0.247. The van der Waals surface area contributed by atoms with Gasteiger partial charge in [-0.25, -0.2) is 4.98 Å². The number of thiazole rings is 1. The van der Waals surface area contributed by atoms with E-state index in [0.717, 1.165) is 25.3 Å². The number of halogens is 3. The Morgan fingerprint density at radius 1 is 0.969 bits per heavy atom. The summed E-state index contributed by atoms with van der Waals surface area (Å²) in [7, 11) is 0. The zero-order valence-electron chi connectivity index (χ0n) is 16.2. The summed E-state index contributed by atoms with van der Waals surface area (Å²) in [6.07, 6.45) is 0. The zero-order valence-corrected chi connectivity index (χ0v) is 20.1. The highest BCUT2D eigenvalue weighted by Crippen LogP contribution is 2.37. The first-order valence-corrected chi connectivity index (χ1v) is 11.9. The average molecular weight is 544 g/mol. The third-order valence-electron chi connectivity index (χ3n) is 4.78. The van der Waals surface area contributed by atoms with Gasteiger partial charge in [0, 0.05) is 20.6 Å². The Kier molecular flexibility index (Phi) is 5.78. The van der Waals surface area contributed by atoms with E-state index in [1.54, 1.807) is 41.7 Å². The molecule has 1 N–H and O–H groups in total. The smallest absolute Gasteiger partial charge is 0.291 e. The van der Waals surface area contributed by atoms with Crippen LogP contribution >= 0.6 is 50.5 Å². The molecule has 32 heavy (non-hydrogen) atoms. The van der Waals surface area contributed by atoms with E-state index >= 15 is 0 Å². The van der Waals surface area contributed by atoms with Crippen molar-refractivity contribution in [2.75, 3.05) is 5.32 Å². The Bertz CT molecular complexity index is 1450. The fourth-order valence-corrected chi connectivity index (χ4v) is 5.00. The number of hydrogen-bond donors (Lipinski definition) is 1. The van der Waals surface area contributed by atoms with Gasteiger partial charge >= 0.3 is 0 Å². The number of aromatic nitrogens is 1. The van der Waals surface area contributed by atoms with Gasteiger partial charge in [0.15, 0.2) is 5.76 Å². The van der Waals surface area contributed by atoms with Gasteiger partial charge in [-0.05, 0) is 60.7 Å². The van der Waals surface area contributed by atoms with Gasteiger partial charge in [0.2, 0.25) is 0 Å². The molecule has 0 aliphatic carbocycles. The predicted octanol–water partition coefficient (Wildman–Crippen LogP) is 8.54. The van der Waals surface area contributed by atoms with Crippen LogP contribution in [0.15, 0.2) is 81.7 Å². The van der Waals surface area contributed by atoms with Gasteiger partial charge in [-0.15, -0.1) is 11.3 Å². The highest BCUT2D eigenvalue weighted by Gasteiger charge is 2.18. The molecule has 0 bridgehead atoms. The van der Waals surface area contributed by atoms with Crippen molar-refractivity contribution in [3.05, 3.63) is 93.1 Å². The molecule has 0 atom stereocenters. The molecule has 0 radical (unpaired) electrons. The van der Waals surface area contributed by atoms with Gasteiger partial charge < -0.3 is 9.73 Å². The van der Waals surface area contributed by atoms with Gasteiger partial charge in [0.05, 0.1) is 20.9 Å². The minimum Gasteiger partial charge on any atom is -0.451 e. The van der Waals surface area contributed by atoms with E-state index in [-0.39, 0.29) is 11.7 Å². The normalized spacial score (nSPS) is 11.1. The van der Waals surface area contributed by atoms with Crippen LogP contribution in [0, 0.1) is 0 Å². The van der Waals surface area contributed by atoms with Crippen molar-refractivity contribution >= 4 is 72.3 Å². The molecule has 0 fully saturated rings. The molecule has 3 aromatic carbocycles. The molecule has 0 aliphatic rings. The van der Waals surface area contributed by atoms with Crippen LogP contribution in [0.1, 0.15) is 10.6 Å². The molecule has 4 nitrogen and oxygen atoms in total. The lowest BCUT2D eigenvalue weighted by Gasteiger charge is -2.09. The van der Waals surface area contributed by atoms with Gasteiger partial charge in [-0.3, -0.25) is 4.79 Å². The summed E-state index contributed by atoms with van der Waals surface area (Å²) in [5, 5.41) is 4.77. The lowest BCUT2D eigenvalue weighted by atomic mass is 10.2. The van der Waals surface area contributed by atoms with Crippen LogP contribution in [0.2, 0.25) is 10.0 Å². The van der Waals surface area contributed by atoms with Crippen molar-refractivity contribution in [1.29, 1.82) is 0 Å². The molecule has 0 spiro atoms. The Morgan fingerprint density at radius 3 is 2.66 bits per heavy atom. The third kappa shape index (κ3) is 4.19. The van der Waals surface area contributed by atoms with Crippen molar-refractivity contribution in [1.82, 2.24) is 4.98 Å². The molecule has 0 aliphatic heterocycles. The number of rotatable bonds is 4. The maximum atomic E-state index is 13.0. The number of anilines is 1. The summed E-state index contributed by atoms with van der Waals surface area (Å²) in [6.45, 7) is 0. The highest BCUT2D eigenvalue weighted by molar-refractivity contribution is 9.10. The number of carbonyl (C=O) groups is 1. The molecule has 8 heteroatoms. The van der Waals surface area contributed by atoms with Crippen LogP contribution < -0.4 is 5.32 Å². The lowest BCUT2D eigenvalue weighted by Crippen LogP contribution is -2.11. The van der Waals surface area contributed by atoms with E-state index in [1.165, 1.54) is 0 Å². The number of amides is 1. The standard InChI is InChI=1S/C24H13BrCl2N2O2S/c25-13-5-8-18(16(11-13)24-29-19-3-1-2-4-22(19)32-24)28-23(30)21-10-9-20(31-21)15-12-14(26)6-7-17(15)27/h1-12H,(H,28,30). The van der Waals surface area contributed by atoms with Crippen LogP contribution in [0.3, 0.4) is 0 Å². The minimum absolute atomic E-state index is 0.161. The summed E-state index contributed by atoms with van der Waals surface area (Å²) in [4.78, 5) is 17.7. The Balaban J connectivity index is 1.47. The SMILES string of the molecule is O=C(Nc1ccc(Br)cc1-c1nc2ccccc2s1)c1ccc(-c2cc(Cl)ccc2Cl)o1. The van der Waals surface area contributed by atoms with Crippen LogP contribution in [-0.2, 0) is 0 Å². The van der Waals surface area contributed by atoms with Crippen LogP contribution in [0.25, 0.3) is 32.1 Å². The third-order valence-corrected chi connectivity index (χ3v) is 6.91. The number of nitrogens with zero attached hydrogens (tertiary/aromatic N) is 1. The molecule has 2 heterocycles. The van der Waals surface area contributed by atoms with Gasteiger partial charge in [0.25, 0.3) is 5.91 Å². The largest absolute Gasteiger partial charge is 0.451 e. The molecule has 2 aromatic heterocycles. The molecular weight excluding hydrogens is 531 g/mol. The molecule has 5 rings (SSSR count). The van der Waals surface area contributed by atoms with Crippen LogP contribution in [0.4, 0.5) is 5.69 Å². The molecule has 158 valence electrons. The number of furan rings is 1. The minimum atomic E-state index is -0.376. The number of hydrogen-bond acceptors (Lipinski definition) is 4. The van der Waals surface area contributed by atoms with E-state index < -0.39 is 0 Å². The summed E-state index contributed by atoms with van der Waals surface area (Å²) in [5.74, 6) is 0.248. The maximum Gasteiger partial charge on any atom is 0.291 e. The Hall–Kier alpha value is -2.64.